The lowest BCUT2D eigenvalue weighted by Gasteiger charge is -2.41. The van der Waals surface area contributed by atoms with E-state index < -0.39 is 0 Å². The summed E-state index contributed by atoms with van der Waals surface area (Å²) in [5.41, 5.74) is 9.12. The molecule has 0 radical (unpaired) electrons. The molecule has 92 valence electrons. The second kappa shape index (κ2) is 4.43. The van der Waals surface area contributed by atoms with Gasteiger partial charge in [0.15, 0.2) is 0 Å². The van der Waals surface area contributed by atoms with Crippen LogP contribution in [0.3, 0.4) is 0 Å². The van der Waals surface area contributed by atoms with Crippen LogP contribution in [0.2, 0.25) is 0 Å². The van der Waals surface area contributed by atoms with Crippen LogP contribution in [0.15, 0.2) is 24.3 Å². The lowest BCUT2D eigenvalue weighted by molar-refractivity contribution is -0.0312. The van der Waals surface area contributed by atoms with E-state index in [0.717, 1.165) is 32.1 Å². The summed E-state index contributed by atoms with van der Waals surface area (Å²) in [5.74, 6) is 0.744. The smallest absolute Gasteiger partial charge is 0.0519 e. The SMILES string of the molecule is NCC1(c2ccc(CC3COC3)cc2)CCC1. The minimum atomic E-state index is 0.304. The third-order valence-corrected chi connectivity index (χ3v) is 4.50. The van der Waals surface area contributed by atoms with Crippen molar-refractivity contribution >= 4 is 0 Å². The summed E-state index contributed by atoms with van der Waals surface area (Å²) in [4.78, 5) is 0. The Balaban J connectivity index is 1.70. The zero-order valence-corrected chi connectivity index (χ0v) is 10.3. The maximum Gasteiger partial charge on any atom is 0.0519 e. The average Bonchev–Trinajstić information content (AvgIpc) is 2.25. The van der Waals surface area contributed by atoms with Crippen LogP contribution in [-0.4, -0.2) is 19.8 Å². The standard InChI is InChI=1S/C15H21NO/c16-11-15(6-1-7-15)14-4-2-12(3-5-14)8-13-9-17-10-13/h2-5,13H,1,6-11,16H2. The largest absolute Gasteiger partial charge is 0.381 e. The zero-order valence-electron chi connectivity index (χ0n) is 10.3. The molecule has 0 aromatic heterocycles. The third kappa shape index (κ3) is 2.00. The molecule has 0 amide bonds. The number of hydrogen-bond donors (Lipinski definition) is 1. The number of hydrogen-bond acceptors (Lipinski definition) is 2. The topological polar surface area (TPSA) is 35.2 Å². The van der Waals surface area contributed by atoms with Crippen LogP contribution >= 0.6 is 0 Å². The lowest BCUT2D eigenvalue weighted by Crippen LogP contribution is -2.41. The van der Waals surface area contributed by atoms with Gasteiger partial charge in [0.05, 0.1) is 13.2 Å². The van der Waals surface area contributed by atoms with Gasteiger partial charge in [-0.1, -0.05) is 30.7 Å². The Morgan fingerprint density at radius 3 is 2.29 bits per heavy atom. The van der Waals surface area contributed by atoms with Gasteiger partial charge in [0.25, 0.3) is 0 Å². The summed E-state index contributed by atoms with van der Waals surface area (Å²) >= 11 is 0. The van der Waals surface area contributed by atoms with E-state index in [1.165, 1.54) is 30.4 Å². The molecule has 0 bridgehead atoms. The molecular weight excluding hydrogens is 210 g/mol. The summed E-state index contributed by atoms with van der Waals surface area (Å²) in [7, 11) is 0. The molecular formula is C15H21NO. The Morgan fingerprint density at radius 1 is 1.18 bits per heavy atom. The minimum Gasteiger partial charge on any atom is -0.381 e. The fourth-order valence-corrected chi connectivity index (χ4v) is 2.94. The Hall–Kier alpha value is -0.860. The fourth-order valence-electron chi connectivity index (χ4n) is 2.94. The van der Waals surface area contributed by atoms with Gasteiger partial charge in [0.2, 0.25) is 0 Å². The van der Waals surface area contributed by atoms with Crippen molar-refractivity contribution in [3.63, 3.8) is 0 Å². The minimum absolute atomic E-state index is 0.304. The van der Waals surface area contributed by atoms with Gasteiger partial charge >= 0.3 is 0 Å². The summed E-state index contributed by atoms with van der Waals surface area (Å²) < 4.78 is 5.21. The molecule has 2 fully saturated rings. The molecule has 2 aliphatic rings. The molecule has 1 saturated carbocycles. The molecule has 0 atom stereocenters. The second-order valence-electron chi connectivity index (χ2n) is 5.64. The molecule has 1 heterocycles. The number of rotatable bonds is 4. The van der Waals surface area contributed by atoms with Gasteiger partial charge in [-0.05, 0) is 30.4 Å². The highest BCUT2D eigenvalue weighted by atomic mass is 16.5. The monoisotopic (exact) mass is 231 g/mol. The van der Waals surface area contributed by atoms with Crippen LogP contribution in [0, 0.1) is 5.92 Å². The van der Waals surface area contributed by atoms with E-state index >= 15 is 0 Å². The van der Waals surface area contributed by atoms with Crippen molar-refractivity contribution in [3.8, 4) is 0 Å². The average molecular weight is 231 g/mol. The maximum absolute atomic E-state index is 5.93. The van der Waals surface area contributed by atoms with Crippen molar-refractivity contribution in [3.05, 3.63) is 35.4 Å². The van der Waals surface area contributed by atoms with Crippen molar-refractivity contribution in [1.82, 2.24) is 0 Å². The summed E-state index contributed by atoms with van der Waals surface area (Å²) in [6.45, 7) is 2.67. The van der Waals surface area contributed by atoms with E-state index in [1.54, 1.807) is 0 Å². The molecule has 1 aliphatic heterocycles. The van der Waals surface area contributed by atoms with E-state index in [1.807, 2.05) is 0 Å². The molecule has 2 N–H and O–H groups in total. The molecule has 0 unspecified atom stereocenters. The molecule has 1 aromatic rings. The van der Waals surface area contributed by atoms with Crippen LogP contribution in [-0.2, 0) is 16.6 Å². The Morgan fingerprint density at radius 2 is 1.88 bits per heavy atom. The third-order valence-electron chi connectivity index (χ3n) is 4.50. The van der Waals surface area contributed by atoms with Gasteiger partial charge in [0, 0.05) is 17.9 Å². The van der Waals surface area contributed by atoms with Gasteiger partial charge in [-0.25, -0.2) is 0 Å². The first-order valence-corrected chi connectivity index (χ1v) is 6.70. The van der Waals surface area contributed by atoms with Gasteiger partial charge in [-0.2, -0.15) is 0 Å². The van der Waals surface area contributed by atoms with E-state index in [4.69, 9.17) is 10.5 Å². The zero-order chi connectivity index (χ0) is 11.7. The molecule has 17 heavy (non-hydrogen) atoms. The number of benzene rings is 1. The predicted molar refractivity (Wildman–Crippen MR) is 69.0 cm³/mol. The van der Waals surface area contributed by atoms with E-state index in [-0.39, 0.29) is 0 Å². The maximum atomic E-state index is 5.93. The normalized spacial score (nSPS) is 22.9. The Bertz CT molecular complexity index is 371. The molecule has 0 spiro atoms. The fraction of sp³-hybridized carbons (Fsp3) is 0.600. The predicted octanol–water partition coefficient (Wildman–Crippen LogP) is 2.26. The molecule has 2 nitrogen and oxygen atoms in total. The molecule has 2 heteroatoms. The Labute approximate surface area is 103 Å². The highest BCUT2D eigenvalue weighted by Gasteiger charge is 2.37. The van der Waals surface area contributed by atoms with Crippen LogP contribution in [0.5, 0.6) is 0 Å². The Kier molecular flexibility index (Phi) is 2.93. The van der Waals surface area contributed by atoms with Crippen molar-refractivity contribution in [2.24, 2.45) is 11.7 Å². The van der Waals surface area contributed by atoms with Gasteiger partial charge in [0.1, 0.15) is 0 Å². The van der Waals surface area contributed by atoms with Crippen LogP contribution in [0.25, 0.3) is 0 Å². The van der Waals surface area contributed by atoms with Crippen molar-refractivity contribution in [2.45, 2.75) is 31.1 Å². The van der Waals surface area contributed by atoms with E-state index in [0.29, 0.717) is 5.41 Å². The summed E-state index contributed by atoms with van der Waals surface area (Å²) in [6.07, 6.45) is 5.02. The van der Waals surface area contributed by atoms with E-state index in [2.05, 4.69) is 24.3 Å². The molecule has 1 saturated heterocycles. The first-order chi connectivity index (χ1) is 8.32. The molecule has 1 aromatic carbocycles. The highest BCUT2D eigenvalue weighted by molar-refractivity contribution is 5.32. The second-order valence-corrected chi connectivity index (χ2v) is 5.64. The first-order valence-electron chi connectivity index (χ1n) is 6.70. The van der Waals surface area contributed by atoms with Crippen LogP contribution < -0.4 is 5.73 Å². The summed E-state index contributed by atoms with van der Waals surface area (Å²) in [6, 6.07) is 9.15. The van der Waals surface area contributed by atoms with Crippen LogP contribution in [0.1, 0.15) is 30.4 Å². The molecule has 1 aliphatic carbocycles. The summed E-state index contributed by atoms with van der Waals surface area (Å²) in [5, 5.41) is 0. The van der Waals surface area contributed by atoms with E-state index in [9.17, 15) is 0 Å². The first kappa shape index (κ1) is 11.2. The van der Waals surface area contributed by atoms with Gasteiger partial charge in [-0.15, -0.1) is 0 Å². The van der Waals surface area contributed by atoms with Gasteiger partial charge < -0.3 is 10.5 Å². The van der Waals surface area contributed by atoms with Crippen molar-refractivity contribution in [2.75, 3.05) is 19.8 Å². The number of ether oxygens (including phenoxy) is 1. The van der Waals surface area contributed by atoms with Crippen molar-refractivity contribution < 1.29 is 4.74 Å². The lowest BCUT2D eigenvalue weighted by atomic mass is 9.64. The van der Waals surface area contributed by atoms with Crippen LogP contribution in [0.4, 0.5) is 0 Å². The van der Waals surface area contributed by atoms with Crippen molar-refractivity contribution in [1.29, 1.82) is 0 Å². The quantitative estimate of drug-likeness (QED) is 0.862. The highest BCUT2D eigenvalue weighted by Crippen LogP contribution is 2.42. The van der Waals surface area contributed by atoms with Gasteiger partial charge in [-0.3, -0.25) is 0 Å². The molecule has 3 rings (SSSR count). The number of nitrogens with two attached hydrogens (primary N) is 1.